The molecule has 0 spiro atoms. The number of aryl methyl sites for hydroxylation is 7. The fourth-order valence-electron chi connectivity index (χ4n) is 7.15. The Balaban J connectivity index is 0.000000175. The van der Waals surface area contributed by atoms with E-state index >= 15 is 0 Å². The Morgan fingerprint density at radius 2 is 1.15 bits per heavy atom. The van der Waals surface area contributed by atoms with Gasteiger partial charge in [-0.2, -0.15) is 23.2 Å². The lowest BCUT2D eigenvalue weighted by molar-refractivity contribution is 0.0586. The number of aromatic amines is 2. The average Bonchev–Trinajstić information content (AvgIpc) is 1.71. The summed E-state index contributed by atoms with van der Waals surface area (Å²) in [5.41, 5.74) is 11.1. The third-order valence-electron chi connectivity index (χ3n) is 12.7. The van der Waals surface area contributed by atoms with Gasteiger partial charge < -0.3 is 23.3 Å². The molecule has 8 aromatic heterocycles. The highest BCUT2D eigenvalue weighted by Crippen LogP contribution is 2.40. The van der Waals surface area contributed by atoms with Crippen molar-refractivity contribution in [2.45, 2.75) is 69.2 Å². The first kappa shape index (κ1) is 72.5. The lowest BCUT2D eigenvalue weighted by Crippen LogP contribution is -2.10. The predicted octanol–water partition coefficient (Wildman–Crippen LogP) is 18.2. The van der Waals surface area contributed by atoms with Crippen molar-refractivity contribution >= 4 is 128 Å². The molecule has 0 radical (unpaired) electrons. The maximum Gasteiger partial charge on any atom is 0.359 e. The molecule has 0 amide bonds. The lowest BCUT2D eigenvalue weighted by atomic mass is 10.1. The van der Waals surface area contributed by atoms with Gasteiger partial charge in [-0.15, -0.1) is 0 Å². The Labute approximate surface area is 569 Å². The summed E-state index contributed by atoms with van der Waals surface area (Å²) in [7, 11) is 2.61. The normalized spacial score (nSPS) is 10.1. The molecule has 20 nitrogen and oxygen atoms in total. The number of rotatable bonds is 8. The molecule has 0 aliphatic rings. The first-order valence-electron chi connectivity index (χ1n) is 26.9. The van der Waals surface area contributed by atoms with Gasteiger partial charge in [0.2, 0.25) is 11.5 Å². The van der Waals surface area contributed by atoms with Crippen LogP contribution >= 0.6 is 104 Å². The molecule has 0 aliphatic carbocycles. The van der Waals surface area contributed by atoms with Gasteiger partial charge in [0, 0.05) is 53.2 Å². The molecular weight excluding hydrogens is 1360 g/mol. The van der Waals surface area contributed by atoms with Gasteiger partial charge >= 0.3 is 17.9 Å². The van der Waals surface area contributed by atoms with E-state index in [1.807, 2.05) is 139 Å². The second kappa shape index (κ2) is 35.3. The molecule has 0 unspecified atom stereocenters. The topological polar surface area (TPSA) is 261 Å². The number of ether oxygens (including phenoxy) is 3. The zero-order chi connectivity index (χ0) is 67.2. The Hall–Kier alpha value is -8.55. The number of esters is 3. The minimum atomic E-state index is -0.487. The van der Waals surface area contributed by atoms with Crippen LogP contribution in [0.3, 0.4) is 0 Å². The maximum absolute atomic E-state index is 12.5. The van der Waals surface area contributed by atoms with Gasteiger partial charge in [0.05, 0.1) is 58.8 Å². The third-order valence-corrected chi connectivity index (χ3v) is 18.7. The molecule has 476 valence electrons. The molecule has 92 heavy (non-hydrogen) atoms. The number of nitrogens with zero attached hydrogens (tertiary/aromatic N) is 9. The van der Waals surface area contributed by atoms with Crippen LogP contribution in [0.2, 0.25) is 19.4 Å². The monoisotopic (exact) mass is 1410 g/mol. The van der Waals surface area contributed by atoms with Crippen LogP contribution in [0.25, 0.3) is 48.7 Å². The summed E-state index contributed by atoms with van der Waals surface area (Å²) >= 11 is 30.0. The van der Waals surface area contributed by atoms with Crippen molar-refractivity contribution in [1.82, 2.24) is 47.4 Å². The highest BCUT2D eigenvalue weighted by atomic mass is 35.5. The van der Waals surface area contributed by atoms with Gasteiger partial charge in [-0.05, 0) is 157 Å². The largest absolute Gasteiger partial charge is 0.464 e. The Morgan fingerprint density at radius 1 is 0.587 bits per heavy atom. The molecule has 0 bridgehead atoms. The smallest absolute Gasteiger partial charge is 0.359 e. The number of para-hydroxylation sites is 1. The van der Waals surface area contributed by atoms with Crippen LogP contribution in [0.5, 0.6) is 5.75 Å². The highest BCUT2D eigenvalue weighted by molar-refractivity contribution is 7.11. The molecule has 12 rings (SSSR count). The van der Waals surface area contributed by atoms with Gasteiger partial charge in [0.15, 0.2) is 11.4 Å². The summed E-state index contributed by atoms with van der Waals surface area (Å²) < 4.78 is 43.7. The minimum absolute atomic E-state index is 0.0486. The van der Waals surface area contributed by atoms with Crippen LogP contribution in [0, 0.1) is 75.8 Å². The van der Waals surface area contributed by atoms with E-state index < -0.39 is 17.9 Å². The zero-order valence-corrected chi connectivity index (χ0v) is 58.3. The van der Waals surface area contributed by atoms with E-state index in [1.165, 1.54) is 60.3 Å². The summed E-state index contributed by atoms with van der Waals surface area (Å²) in [6.45, 7) is 25.8. The minimum Gasteiger partial charge on any atom is -0.464 e. The van der Waals surface area contributed by atoms with Crippen LogP contribution in [0.4, 0.5) is 5.69 Å². The molecule has 29 heteroatoms. The Morgan fingerprint density at radius 3 is 1.62 bits per heavy atom. The van der Waals surface area contributed by atoms with Gasteiger partial charge in [0.25, 0.3) is 11.4 Å². The van der Waals surface area contributed by atoms with Crippen LogP contribution < -0.4 is 10.3 Å². The average molecular weight is 1410 g/mol. The van der Waals surface area contributed by atoms with Crippen LogP contribution in [0.15, 0.2) is 129 Å². The number of hydrogen-bond donors (Lipinski definition) is 2. The summed E-state index contributed by atoms with van der Waals surface area (Å²) in [5.74, 6) is 1.11. The number of methoxy groups -OCH3 is 2. The second-order valence-corrected chi connectivity index (χ2v) is 25.0. The number of nitrogens with one attached hydrogen (secondary N) is 2. The number of halogens is 4. The molecular formula is C63H57Cl4N11O9S5. The van der Waals surface area contributed by atoms with Crippen LogP contribution in [-0.2, 0) is 9.47 Å². The molecule has 0 fully saturated rings. The molecule has 0 aliphatic heterocycles. The fraction of sp³-hybridized carbons (Fsp3) is 0.190. The van der Waals surface area contributed by atoms with Gasteiger partial charge in [-0.3, -0.25) is 14.3 Å². The van der Waals surface area contributed by atoms with Crippen molar-refractivity contribution in [1.29, 1.82) is 0 Å². The van der Waals surface area contributed by atoms with E-state index in [0.29, 0.717) is 65.1 Å². The number of benzene rings is 4. The number of hydrogen-bond acceptors (Lipinski definition) is 22. The summed E-state index contributed by atoms with van der Waals surface area (Å²) in [5, 5.41) is 16.1. The van der Waals surface area contributed by atoms with Crippen LogP contribution in [0.1, 0.15) is 86.2 Å². The molecule has 12 aromatic rings. The molecule has 2 N–H and O–H groups in total. The molecule has 0 saturated carbocycles. The first-order valence-corrected chi connectivity index (χ1v) is 32.3. The van der Waals surface area contributed by atoms with E-state index in [2.05, 4.69) is 61.7 Å². The zero-order valence-electron chi connectivity index (χ0n) is 51.2. The second-order valence-electron chi connectivity index (χ2n) is 18.9. The van der Waals surface area contributed by atoms with Crippen molar-refractivity contribution in [3.63, 3.8) is 0 Å². The summed E-state index contributed by atoms with van der Waals surface area (Å²) in [6.07, 6.45) is 1.73. The van der Waals surface area contributed by atoms with E-state index in [4.69, 9.17) is 66.8 Å². The molecule has 8 heterocycles. The lowest BCUT2D eigenvalue weighted by Gasteiger charge is -2.07. The van der Waals surface area contributed by atoms with Crippen molar-refractivity contribution < 1.29 is 37.6 Å². The number of carbonyl (C=O) groups is 3. The van der Waals surface area contributed by atoms with E-state index in [9.17, 15) is 19.2 Å². The van der Waals surface area contributed by atoms with Gasteiger partial charge in [-0.1, -0.05) is 141 Å². The molecule has 4 aromatic carbocycles. The van der Waals surface area contributed by atoms with Gasteiger partial charge in [0.1, 0.15) is 27.1 Å². The Kier molecular flexibility index (Phi) is 27.8. The molecule has 0 atom stereocenters. The summed E-state index contributed by atoms with van der Waals surface area (Å²) in [4.78, 5) is 56.2. The predicted molar refractivity (Wildman–Crippen MR) is 366 cm³/mol. The standard InChI is InChI=1S/C17H12ClNO2S.C12H10N4O.C11H7ClN2S.2C6H6ClNO2S.C6H9NO.C5H7NOS/c1-11-15(17(20)21-12-7-3-2-4-8-12)16(22-19-11)13-9-5-6-10-14(13)18;1-8-7-13-15-10(8)11-14-12(17-16-11)9-5-3-2-4-6-9;1-7-10(13-2)11(15-14-7)8-5-3-4-6-9(8)12;1-3-4(7)5(8-11-3)6(9)10-2;1-3-4(6(9)10-2)8-11-5(3)7;1-4-5(2)7-8-6(4)3;1-3-4(2)8-6-5(3)7/h2-10H,1H3;2-7H,1H3,(H,13,15);3-6H,1H3;2*1-2H3;1-3H3;1-2H3,(H,6,7). The van der Waals surface area contributed by atoms with Crippen molar-refractivity contribution in [2.24, 2.45) is 0 Å². The quantitative estimate of drug-likeness (QED) is 0.0813. The molecule has 0 saturated heterocycles. The van der Waals surface area contributed by atoms with E-state index in [1.54, 1.807) is 45.2 Å². The third kappa shape index (κ3) is 19.5. The van der Waals surface area contributed by atoms with Crippen LogP contribution in [-0.4, -0.2) is 79.5 Å². The van der Waals surface area contributed by atoms with E-state index in [0.717, 1.165) is 87.3 Å². The Bertz CT molecular complexity index is 4430. The van der Waals surface area contributed by atoms with Crippen molar-refractivity contribution in [3.05, 3.63) is 228 Å². The number of carbonyl (C=O) groups excluding carboxylic acids is 3. The fourth-order valence-corrected chi connectivity index (χ4v) is 11.8. The maximum atomic E-state index is 12.5. The van der Waals surface area contributed by atoms with Crippen molar-refractivity contribution in [2.75, 3.05) is 14.2 Å². The van der Waals surface area contributed by atoms with E-state index in [-0.39, 0.29) is 11.3 Å². The SMILES string of the molecule is COC(=O)c1nsc(C)c1Cl.COC(=O)c1nsc(Cl)c1C.Cc1cn[nH]c1-c1noc(-c2ccccc2)n1.Cc1noc(C)c1C.Cc1nsc(-c2ccccc2Cl)c1C(=O)Oc1ccccc1.Cc1s[nH]c(=O)c1C.[C-]#[N+]c1c(C)nsc1-c1ccccc1Cl. The highest BCUT2D eigenvalue weighted by Gasteiger charge is 2.24. The summed E-state index contributed by atoms with van der Waals surface area (Å²) in [6, 6.07) is 33.5. The first-order chi connectivity index (χ1) is 44.0. The number of aromatic nitrogens is 10. The number of H-pyrrole nitrogens is 2. The van der Waals surface area contributed by atoms with Crippen molar-refractivity contribution in [3.8, 4) is 49.6 Å². The van der Waals surface area contributed by atoms with Gasteiger partial charge in [-0.25, -0.2) is 23.6 Å².